The quantitative estimate of drug-likeness (QED) is 0.649. The molecule has 1 fully saturated rings. The van der Waals surface area contributed by atoms with Gasteiger partial charge in [-0.2, -0.15) is 0 Å². The molecular formula is C10H23NO2. The lowest BCUT2D eigenvalue weighted by Gasteiger charge is -2.38. The van der Waals surface area contributed by atoms with Gasteiger partial charge in [0, 0.05) is 39.8 Å². The van der Waals surface area contributed by atoms with Gasteiger partial charge in [-0.05, 0) is 0 Å². The molecule has 0 aliphatic carbocycles. The number of methoxy groups -OCH3 is 2. The molecule has 0 aromatic carbocycles. The minimum Gasteiger partial charge on any atom is -0.384 e. The first-order valence-electron chi connectivity index (χ1n) is 5.07. The van der Waals surface area contributed by atoms with E-state index in [1.807, 2.05) is 13.8 Å². The van der Waals surface area contributed by atoms with Crippen molar-refractivity contribution in [3.05, 3.63) is 0 Å². The molecule has 1 heterocycles. The third-order valence-electron chi connectivity index (χ3n) is 2.05. The SMILES string of the molecule is CC.COCCN1CC(COC)C1. The molecule has 0 N–H and O–H groups in total. The standard InChI is InChI=1S/C8H17NO2.C2H6/c1-10-4-3-9-5-8(6-9)7-11-2;1-2/h8H,3-7H2,1-2H3;1-2H3. The Morgan fingerprint density at radius 3 is 2.23 bits per heavy atom. The Kier molecular flexibility index (Phi) is 8.40. The van der Waals surface area contributed by atoms with Gasteiger partial charge >= 0.3 is 0 Å². The van der Waals surface area contributed by atoms with Crippen molar-refractivity contribution in [2.24, 2.45) is 5.92 Å². The Bertz CT molecular complexity index is 103. The number of hydrogen-bond acceptors (Lipinski definition) is 3. The van der Waals surface area contributed by atoms with Crippen LogP contribution in [0.3, 0.4) is 0 Å². The molecule has 0 amide bonds. The van der Waals surface area contributed by atoms with Gasteiger partial charge in [0.05, 0.1) is 13.2 Å². The summed E-state index contributed by atoms with van der Waals surface area (Å²) in [4.78, 5) is 2.38. The summed E-state index contributed by atoms with van der Waals surface area (Å²) in [5.41, 5.74) is 0. The lowest BCUT2D eigenvalue weighted by Crippen LogP contribution is -2.49. The molecule has 0 aromatic rings. The highest BCUT2D eigenvalue weighted by Crippen LogP contribution is 2.14. The van der Waals surface area contributed by atoms with Crippen LogP contribution in [0, 0.1) is 5.92 Å². The van der Waals surface area contributed by atoms with Crippen LogP contribution in [-0.4, -0.2) is 52.0 Å². The summed E-state index contributed by atoms with van der Waals surface area (Å²) in [5.74, 6) is 0.761. The smallest absolute Gasteiger partial charge is 0.0589 e. The van der Waals surface area contributed by atoms with Crippen LogP contribution < -0.4 is 0 Å². The molecule has 1 saturated heterocycles. The molecule has 3 heteroatoms. The molecule has 0 bridgehead atoms. The lowest BCUT2D eigenvalue weighted by molar-refractivity contribution is 0.0193. The van der Waals surface area contributed by atoms with Crippen LogP contribution in [0.25, 0.3) is 0 Å². The maximum Gasteiger partial charge on any atom is 0.0589 e. The fourth-order valence-electron chi connectivity index (χ4n) is 1.42. The molecular weight excluding hydrogens is 166 g/mol. The molecule has 80 valence electrons. The van der Waals surface area contributed by atoms with Crippen molar-refractivity contribution in [2.75, 3.05) is 47.1 Å². The average molecular weight is 189 g/mol. The van der Waals surface area contributed by atoms with Gasteiger partial charge in [0.2, 0.25) is 0 Å². The maximum absolute atomic E-state index is 5.04. The van der Waals surface area contributed by atoms with E-state index in [2.05, 4.69) is 4.90 Å². The van der Waals surface area contributed by atoms with Gasteiger partial charge in [0.15, 0.2) is 0 Å². The summed E-state index contributed by atoms with van der Waals surface area (Å²) in [7, 11) is 3.50. The van der Waals surface area contributed by atoms with E-state index in [1.165, 1.54) is 13.1 Å². The van der Waals surface area contributed by atoms with Gasteiger partial charge in [-0.15, -0.1) is 0 Å². The van der Waals surface area contributed by atoms with Crippen LogP contribution in [-0.2, 0) is 9.47 Å². The first-order valence-corrected chi connectivity index (χ1v) is 5.07. The van der Waals surface area contributed by atoms with Gasteiger partial charge in [-0.25, -0.2) is 0 Å². The fraction of sp³-hybridized carbons (Fsp3) is 1.00. The Morgan fingerprint density at radius 2 is 1.77 bits per heavy atom. The van der Waals surface area contributed by atoms with Crippen LogP contribution in [0.2, 0.25) is 0 Å². The zero-order valence-corrected chi connectivity index (χ0v) is 9.38. The molecule has 1 aliphatic heterocycles. The van der Waals surface area contributed by atoms with Crippen molar-refractivity contribution >= 4 is 0 Å². The third kappa shape index (κ3) is 5.24. The van der Waals surface area contributed by atoms with E-state index in [0.29, 0.717) is 0 Å². The van der Waals surface area contributed by atoms with Gasteiger partial charge in [-0.1, -0.05) is 13.8 Å². The Hall–Kier alpha value is -0.120. The van der Waals surface area contributed by atoms with Crippen molar-refractivity contribution in [2.45, 2.75) is 13.8 Å². The first kappa shape index (κ1) is 12.9. The molecule has 0 aromatic heterocycles. The van der Waals surface area contributed by atoms with E-state index in [0.717, 1.165) is 25.7 Å². The predicted octanol–water partition coefficient (Wildman–Crippen LogP) is 1.24. The normalized spacial score (nSPS) is 17.5. The van der Waals surface area contributed by atoms with E-state index in [-0.39, 0.29) is 0 Å². The van der Waals surface area contributed by atoms with Crippen molar-refractivity contribution in [1.82, 2.24) is 4.90 Å². The number of nitrogens with zero attached hydrogens (tertiary/aromatic N) is 1. The van der Waals surface area contributed by atoms with E-state index in [4.69, 9.17) is 9.47 Å². The van der Waals surface area contributed by atoms with Crippen molar-refractivity contribution < 1.29 is 9.47 Å². The van der Waals surface area contributed by atoms with Gasteiger partial charge in [0.1, 0.15) is 0 Å². The highest BCUT2D eigenvalue weighted by Gasteiger charge is 2.25. The van der Waals surface area contributed by atoms with Gasteiger partial charge < -0.3 is 14.4 Å². The highest BCUT2D eigenvalue weighted by molar-refractivity contribution is 4.78. The monoisotopic (exact) mass is 189 g/mol. The van der Waals surface area contributed by atoms with E-state index < -0.39 is 0 Å². The summed E-state index contributed by atoms with van der Waals surface area (Å²) in [6.45, 7) is 9.17. The summed E-state index contributed by atoms with van der Waals surface area (Å²) in [6, 6.07) is 0. The van der Waals surface area contributed by atoms with Crippen molar-refractivity contribution in [1.29, 1.82) is 0 Å². The predicted molar refractivity (Wildman–Crippen MR) is 55.0 cm³/mol. The van der Waals surface area contributed by atoms with Crippen LogP contribution in [0.15, 0.2) is 0 Å². The summed E-state index contributed by atoms with van der Waals surface area (Å²) in [5, 5.41) is 0. The Balaban J connectivity index is 0.000000671. The molecule has 0 saturated carbocycles. The van der Waals surface area contributed by atoms with Crippen LogP contribution in [0.4, 0.5) is 0 Å². The zero-order chi connectivity index (χ0) is 10.1. The second-order valence-corrected chi connectivity index (χ2v) is 3.07. The highest BCUT2D eigenvalue weighted by atomic mass is 16.5. The number of likely N-dealkylation sites (tertiary alicyclic amines) is 1. The van der Waals surface area contributed by atoms with Crippen LogP contribution in [0.1, 0.15) is 13.8 Å². The van der Waals surface area contributed by atoms with Crippen LogP contribution in [0.5, 0.6) is 0 Å². The summed E-state index contributed by atoms with van der Waals surface area (Å²) in [6.07, 6.45) is 0. The van der Waals surface area contributed by atoms with Crippen molar-refractivity contribution in [3.8, 4) is 0 Å². The fourth-order valence-corrected chi connectivity index (χ4v) is 1.42. The molecule has 13 heavy (non-hydrogen) atoms. The Morgan fingerprint density at radius 1 is 1.15 bits per heavy atom. The zero-order valence-electron chi connectivity index (χ0n) is 9.38. The number of hydrogen-bond donors (Lipinski definition) is 0. The lowest BCUT2D eigenvalue weighted by atomic mass is 10.0. The maximum atomic E-state index is 5.04. The largest absolute Gasteiger partial charge is 0.384 e. The summed E-state index contributed by atoms with van der Waals surface area (Å²) < 4.78 is 10.0. The minimum atomic E-state index is 0.761. The second-order valence-electron chi connectivity index (χ2n) is 3.07. The second kappa shape index (κ2) is 8.48. The molecule has 0 unspecified atom stereocenters. The van der Waals surface area contributed by atoms with Crippen LogP contribution >= 0.6 is 0 Å². The summed E-state index contributed by atoms with van der Waals surface area (Å²) >= 11 is 0. The first-order chi connectivity index (χ1) is 6.36. The van der Waals surface area contributed by atoms with Gasteiger partial charge in [0.25, 0.3) is 0 Å². The molecule has 0 atom stereocenters. The van der Waals surface area contributed by atoms with E-state index >= 15 is 0 Å². The van der Waals surface area contributed by atoms with E-state index in [1.54, 1.807) is 14.2 Å². The molecule has 1 aliphatic rings. The molecule has 3 nitrogen and oxygen atoms in total. The number of ether oxygens (including phenoxy) is 2. The van der Waals surface area contributed by atoms with Crippen molar-refractivity contribution in [3.63, 3.8) is 0 Å². The molecule has 0 radical (unpaired) electrons. The minimum absolute atomic E-state index is 0.761. The number of rotatable bonds is 5. The van der Waals surface area contributed by atoms with Gasteiger partial charge in [-0.3, -0.25) is 0 Å². The average Bonchev–Trinajstić information content (AvgIpc) is 2.12. The third-order valence-corrected chi connectivity index (χ3v) is 2.05. The molecule has 1 rings (SSSR count). The topological polar surface area (TPSA) is 21.7 Å². The molecule has 0 spiro atoms. The van der Waals surface area contributed by atoms with E-state index in [9.17, 15) is 0 Å². The Labute approximate surface area is 82.0 Å².